The molecule has 0 spiro atoms. The van der Waals surface area contributed by atoms with Gasteiger partial charge in [-0.05, 0) is 26.0 Å². The minimum Gasteiger partial charge on any atom is -0.328 e. The van der Waals surface area contributed by atoms with Crippen LogP contribution in [0.2, 0.25) is 0 Å². The first-order chi connectivity index (χ1) is 7.65. The van der Waals surface area contributed by atoms with Gasteiger partial charge in [-0.15, -0.1) is 0 Å². The smallest absolute Gasteiger partial charge is 0.0956 e. The standard InChI is InChI=1S/C12H16N4/c1-12(2,8-13)16-9-15-7-11(16)10-3-5-14-6-4-10/h3-7,9H,8,13H2,1-2H3. The normalized spacial score (nSPS) is 11.7. The molecule has 16 heavy (non-hydrogen) atoms. The molecule has 0 unspecified atom stereocenters. The number of hydrogen-bond acceptors (Lipinski definition) is 3. The number of hydrogen-bond donors (Lipinski definition) is 1. The lowest BCUT2D eigenvalue weighted by Gasteiger charge is -2.26. The third-order valence-corrected chi connectivity index (χ3v) is 2.77. The third kappa shape index (κ3) is 1.84. The van der Waals surface area contributed by atoms with Crippen molar-refractivity contribution < 1.29 is 0 Å². The van der Waals surface area contributed by atoms with Crippen LogP contribution in [0.25, 0.3) is 11.3 Å². The van der Waals surface area contributed by atoms with E-state index < -0.39 is 0 Å². The summed E-state index contributed by atoms with van der Waals surface area (Å²) < 4.78 is 2.10. The molecule has 4 heteroatoms. The fourth-order valence-electron chi connectivity index (χ4n) is 1.61. The third-order valence-electron chi connectivity index (χ3n) is 2.77. The van der Waals surface area contributed by atoms with E-state index >= 15 is 0 Å². The molecule has 0 saturated heterocycles. The van der Waals surface area contributed by atoms with Crippen molar-refractivity contribution in [2.24, 2.45) is 5.73 Å². The molecule has 0 fully saturated rings. The topological polar surface area (TPSA) is 56.7 Å². The van der Waals surface area contributed by atoms with Gasteiger partial charge in [0.05, 0.1) is 23.8 Å². The molecule has 0 atom stereocenters. The van der Waals surface area contributed by atoms with Gasteiger partial charge < -0.3 is 10.3 Å². The van der Waals surface area contributed by atoms with Gasteiger partial charge in [-0.3, -0.25) is 4.98 Å². The van der Waals surface area contributed by atoms with E-state index in [0.717, 1.165) is 11.3 Å². The van der Waals surface area contributed by atoms with Crippen molar-refractivity contribution in [1.82, 2.24) is 14.5 Å². The van der Waals surface area contributed by atoms with Crippen LogP contribution in [0.15, 0.2) is 37.1 Å². The number of pyridine rings is 1. The molecule has 0 saturated carbocycles. The Kier molecular flexibility index (Phi) is 2.75. The number of nitrogens with two attached hydrogens (primary N) is 1. The number of imidazole rings is 1. The lowest BCUT2D eigenvalue weighted by atomic mass is 10.0. The molecular weight excluding hydrogens is 200 g/mol. The first-order valence-corrected chi connectivity index (χ1v) is 5.28. The SMILES string of the molecule is CC(C)(CN)n1cncc1-c1ccncc1. The fraction of sp³-hybridized carbons (Fsp3) is 0.333. The van der Waals surface area contributed by atoms with Gasteiger partial charge in [-0.2, -0.15) is 0 Å². The monoisotopic (exact) mass is 216 g/mol. The number of rotatable bonds is 3. The van der Waals surface area contributed by atoms with Crippen molar-refractivity contribution in [3.8, 4) is 11.3 Å². The van der Waals surface area contributed by atoms with E-state index in [0.29, 0.717) is 6.54 Å². The summed E-state index contributed by atoms with van der Waals surface area (Å²) in [5.41, 5.74) is 7.83. The van der Waals surface area contributed by atoms with Crippen LogP contribution in [0.5, 0.6) is 0 Å². The molecule has 4 nitrogen and oxygen atoms in total. The first-order valence-electron chi connectivity index (χ1n) is 5.28. The highest BCUT2D eigenvalue weighted by Crippen LogP contribution is 2.24. The predicted octanol–water partition coefficient (Wildman–Crippen LogP) is 1.64. The minimum absolute atomic E-state index is 0.130. The summed E-state index contributed by atoms with van der Waals surface area (Å²) in [5, 5.41) is 0. The molecule has 2 aromatic rings. The summed E-state index contributed by atoms with van der Waals surface area (Å²) in [6.45, 7) is 4.76. The zero-order valence-corrected chi connectivity index (χ0v) is 9.59. The van der Waals surface area contributed by atoms with Gasteiger partial charge in [0, 0.05) is 24.5 Å². The molecule has 0 aliphatic carbocycles. The molecule has 2 aromatic heterocycles. The summed E-state index contributed by atoms with van der Waals surface area (Å²) in [5.74, 6) is 0. The Hall–Kier alpha value is -1.68. The molecule has 2 N–H and O–H groups in total. The molecule has 0 aliphatic rings. The molecule has 0 aromatic carbocycles. The van der Waals surface area contributed by atoms with E-state index in [2.05, 4.69) is 28.4 Å². The fourth-order valence-corrected chi connectivity index (χ4v) is 1.61. The van der Waals surface area contributed by atoms with Crippen molar-refractivity contribution in [3.05, 3.63) is 37.1 Å². The van der Waals surface area contributed by atoms with Crippen molar-refractivity contribution in [1.29, 1.82) is 0 Å². The van der Waals surface area contributed by atoms with E-state index in [4.69, 9.17) is 5.73 Å². The highest BCUT2D eigenvalue weighted by atomic mass is 15.1. The van der Waals surface area contributed by atoms with Crippen LogP contribution in [0.4, 0.5) is 0 Å². The Bertz CT molecular complexity index is 459. The van der Waals surface area contributed by atoms with Crippen LogP contribution >= 0.6 is 0 Å². The van der Waals surface area contributed by atoms with Gasteiger partial charge in [0.1, 0.15) is 0 Å². The van der Waals surface area contributed by atoms with Crippen LogP contribution < -0.4 is 5.73 Å². The highest BCUT2D eigenvalue weighted by molar-refractivity contribution is 5.58. The second kappa shape index (κ2) is 4.06. The quantitative estimate of drug-likeness (QED) is 0.848. The summed E-state index contributed by atoms with van der Waals surface area (Å²) in [4.78, 5) is 8.21. The molecule has 2 heterocycles. The van der Waals surface area contributed by atoms with Crippen molar-refractivity contribution in [3.63, 3.8) is 0 Å². The Labute approximate surface area is 95.1 Å². The summed E-state index contributed by atoms with van der Waals surface area (Å²) in [6.07, 6.45) is 7.24. The molecule has 84 valence electrons. The Morgan fingerprint density at radius 1 is 1.25 bits per heavy atom. The maximum atomic E-state index is 5.78. The summed E-state index contributed by atoms with van der Waals surface area (Å²) in [7, 11) is 0. The maximum absolute atomic E-state index is 5.78. The van der Waals surface area contributed by atoms with Gasteiger partial charge in [-0.25, -0.2) is 4.98 Å². The molecule has 0 bridgehead atoms. The van der Waals surface area contributed by atoms with Gasteiger partial charge in [0.2, 0.25) is 0 Å². The Morgan fingerprint density at radius 3 is 2.56 bits per heavy atom. The lowest BCUT2D eigenvalue weighted by molar-refractivity contribution is 0.370. The molecule has 2 rings (SSSR count). The summed E-state index contributed by atoms with van der Waals surface area (Å²) >= 11 is 0. The van der Waals surface area contributed by atoms with Gasteiger partial charge in [0.15, 0.2) is 0 Å². The van der Waals surface area contributed by atoms with E-state index in [1.54, 1.807) is 12.4 Å². The zero-order chi connectivity index (χ0) is 11.6. The highest BCUT2D eigenvalue weighted by Gasteiger charge is 2.20. The zero-order valence-electron chi connectivity index (χ0n) is 9.59. The number of aromatic nitrogens is 3. The lowest BCUT2D eigenvalue weighted by Crippen LogP contribution is -2.34. The van der Waals surface area contributed by atoms with E-state index in [1.165, 1.54) is 0 Å². The molecule has 0 aliphatic heterocycles. The van der Waals surface area contributed by atoms with Crippen molar-refractivity contribution in [2.45, 2.75) is 19.4 Å². The predicted molar refractivity (Wildman–Crippen MR) is 63.8 cm³/mol. The van der Waals surface area contributed by atoms with Crippen LogP contribution in [0.1, 0.15) is 13.8 Å². The average Bonchev–Trinajstić information content (AvgIpc) is 2.80. The number of nitrogens with zero attached hydrogens (tertiary/aromatic N) is 3. The molecule has 0 radical (unpaired) electrons. The summed E-state index contributed by atoms with van der Waals surface area (Å²) in [6, 6.07) is 3.94. The van der Waals surface area contributed by atoms with Crippen molar-refractivity contribution in [2.75, 3.05) is 6.54 Å². The van der Waals surface area contributed by atoms with Gasteiger partial charge in [-0.1, -0.05) is 0 Å². The van der Waals surface area contributed by atoms with Crippen molar-refractivity contribution >= 4 is 0 Å². The first kappa shape index (κ1) is 10.8. The Morgan fingerprint density at radius 2 is 1.94 bits per heavy atom. The second-order valence-electron chi connectivity index (χ2n) is 4.40. The van der Waals surface area contributed by atoms with Gasteiger partial charge >= 0.3 is 0 Å². The average molecular weight is 216 g/mol. The molecule has 0 amide bonds. The Balaban J connectivity index is 2.49. The van der Waals surface area contributed by atoms with E-state index in [9.17, 15) is 0 Å². The van der Waals surface area contributed by atoms with Crippen LogP contribution in [-0.4, -0.2) is 21.1 Å². The van der Waals surface area contributed by atoms with Gasteiger partial charge in [0.25, 0.3) is 0 Å². The largest absolute Gasteiger partial charge is 0.328 e. The van der Waals surface area contributed by atoms with Crippen LogP contribution in [0.3, 0.4) is 0 Å². The van der Waals surface area contributed by atoms with E-state index in [1.807, 2.05) is 24.7 Å². The van der Waals surface area contributed by atoms with E-state index in [-0.39, 0.29) is 5.54 Å². The molecular formula is C12H16N4. The van der Waals surface area contributed by atoms with Crippen LogP contribution in [0, 0.1) is 0 Å². The van der Waals surface area contributed by atoms with Crippen LogP contribution in [-0.2, 0) is 5.54 Å². The minimum atomic E-state index is -0.130. The second-order valence-corrected chi connectivity index (χ2v) is 4.40. The maximum Gasteiger partial charge on any atom is 0.0956 e.